The number of aryl methyl sites for hydroxylation is 2. The molecule has 2 heterocycles. The molecule has 2 N–H and O–H groups in total. The van der Waals surface area contributed by atoms with E-state index in [2.05, 4.69) is 9.72 Å². The second-order valence-electron chi connectivity index (χ2n) is 5.53. The molecule has 0 saturated carbocycles. The SMILES string of the molecule is COC.O=C(O)c1ncc2ccc(=O)n(CCc3ccccc3)c2c1O. The lowest BCUT2D eigenvalue weighted by Gasteiger charge is -2.12. The van der Waals surface area contributed by atoms with Crippen LogP contribution in [-0.4, -0.2) is 40.0 Å². The Hall–Kier alpha value is -3.19. The van der Waals surface area contributed by atoms with Crippen molar-refractivity contribution in [2.45, 2.75) is 13.0 Å². The van der Waals surface area contributed by atoms with Gasteiger partial charge in [-0.05, 0) is 18.1 Å². The molecule has 136 valence electrons. The summed E-state index contributed by atoms with van der Waals surface area (Å²) in [6.45, 7) is 0.330. The minimum absolute atomic E-state index is 0.195. The Morgan fingerprint density at radius 1 is 1.15 bits per heavy atom. The number of benzene rings is 1. The molecule has 7 heteroatoms. The summed E-state index contributed by atoms with van der Waals surface area (Å²) in [7, 11) is 3.25. The molecule has 0 fully saturated rings. The first kappa shape index (κ1) is 19.1. The van der Waals surface area contributed by atoms with Gasteiger partial charge in [-0.15, -0.1) is 0 Å². The van der Waals surface area contributed by atoms with Crippen molar-refractivity contribution in [3.63, 3.8) is 0 Å². The standard InChI is InChI=1S/C17H14N2O4.C2H6O/c20-13-7-6-12-10-18-14(17(22)23)16(21)15(12)19(13)9-8-11-4-2-1-3-5-11;1-3-2/h1-7,10,21H,8-9H2,(H,22,23);1-2H3. The molecular weight excluding hydrogens is 336 g/mol. The van der Waals surface area contributed by atoms with Gasteiger partial charge in [0.05, 0.1) is 5.52 Å². The maximum absolute atomic E-state index is 12.2. The zero-order chi connectivity index (χ0) is 19.1. The summed E-state index contributed by atoms with van der Waals surface area (Å²) in [5, 5.41) is 19.8. The fraction of sp³-hybridized carbons (Fsp3) is 0.211. The molecule has 0 aliphatic carbocycles. The van der Waals surface area contributed by atoms with Gasteiger partial charge < -0.3 is 19.5 Å². The van der Waals surface area contributed by atoms with Gasteiger partial charge in [-0.2, -0.15) is 0 Å². The summed E-state index contributed by atoms with van der Waals surface area (Å²) in [5.41, 5.74) is 0.479. The lowest BCUT2D eigenvalue weighted by Crippen LogP contribution is -2.21. The third-order valence-electron chi connectivity index (χ3n) is 3.67. The van der Waals surface area contributed by atoms with Gasteiger partial charge in [0.2, 0.25) is 0 Å². The van der Waals surface area contributed by atoms with E-state index in [0.29, 0.717) is 18.4 Å². The van der Waals surface area contributed by atoms with Gasteiger partial charge in [0.1, 0.15) is 0 Å². The van der Waals surface area contributed by atoms with Crippen molar-refractivity contribution in [2.24, 2.45) is 0 Å². The van der Waals surface area contributed by atoms with E-state index >= 15 is 0 Å². The van der Waals surface area contributed by atoms with Crippen molar-refractivity contribution < 1.29 is 19.7 Å². The van der Waals surface area contributed by atoms with Gasteiger partial charge in [0.25, 0.3) is 5.56 Å². The molecule has 0 saturated heterocycles. The van der Waals surface area contributed by atoms with Gasteiger partial charge in [0.15, 0.2) is 11.4 Å². The quantitative estimate of drug-likeness (QED) is 0.744. The Bertz CT molecular complexity index is 951. The maximum Gasteiger partial charge on any atom is 0.358 e. The van der Waals surface area contributed by atoms with E-state index in [1.54, 1.807) is 14.2 Å². The van der Waals surface area contributed by atoms with E-state index in [4.69, 9.17) is 5.11 Å². The largest absolute Gasteiger partial charge is 0.504 e. The number of ether oxygens (including phenoxy) is 1. The highest BCUT2D eigenvalue weighted by Gasteiger charge is 2.17. The Balaban J connectivity index is 0.000000758. The molecule has 3 rings (SSSR count). The zero-order valence-electron chi connectivity index (χ0n) is 14.5. The first-order chi connectivity index (χ1) is 12.5. The van der Waals surface area contributed by atoms with E-state index in [0.717, 1.165) is 5.56 Å². The second-order valence-corrected chi connectivity index (χ2v) is 5.53. The van der Waals surface area contributed by atoms with Crippen LogP contribution in [0.2, 0.25) is 0 Å². The Kier molecular flexibility index (Phi) is 6.46. The van der Waals surface area contributed by atoms with Crippen LogP contribution in [0.25, 0.3) is 10.9 Å². The van der Waals surface area contributed by atoms with Crippen molar-refractivity contribution in [2.75, 3.05) is 14.2 Å². The number of methoxy groups -OCH3 is 1. The number of aromatic nitrogens is 2. The average Bonchev–Trinajstić information content (AvgIpc) is 2.62. The van der Waals surface area contributed by atoms with E-state index in [-0.39, 0.29) is 11.1 Å². The van der Waals surface area contributed by atoms with Crippen LogP contribution in [0.4, 0.5) is 0 Å². The molecule has 1 aromatic carbocycles. The monoisotopic (exact) mass is 356 g/mol. The molecule has 0 atom stereocenters. The fourth-order valence-electron chi connectivity index (χ4n) is 2.54. The third kappa shape index (κ3) is 4.25. The molecule has 3 aromatic rings. The van der Waals surface area contributed by atoms with Gasteiger partial charge in [-0.3, -0.25) is 4.79 Å². The van der Waals surface area contributed by atoms with Crippen molar-refractivity contribution in [1.29, 1.82) is 0 Å². The Morgan fingerprint density at radius 3 is 2.42 bits per heavy atom. The van der Waals surface area contributed by atoms with Crippen LogP contribution in [0.5, 0.6) is 5.75 Å². The number of fused-ring (bicyclic) bond motifs is 1. The summed E-state index contributed by atoms with van der Waals surface area (Å²) in [5.74, 6) is -1.82. The number of nitrogens with zero attached hydrogens (tertiary/aromatic N) is 2. The molecule has 0 aliphatic rings. The number of carboxylic acids is 1. The minimum atomic E-state index is -1.34. The van der Waals surface area contributed by atoms with Gasteiger partial charge in [0, 0.05) is 38.4 Å². The summed E-state index contributed by atoms with van der Waals surface area (Å²) < 4.78 is 5.63. The predicted molar refractivity (Wildman–Crippen MR) is 97.7 cm³/mol. The first-order valence-electron chi connectivity index (χ1n) is 7.88. The van der Waals surface area contributed by atoms with E-state index < -0.39 is 17.4 Å². The van der Waals surface area contributed by atoms with E-state index in [1.165, 1.54) is 22.9 Å². The molecule has 7 nitrogen and oxygen atoms in total. The summed E-state index contributed by atoms with van der Waals surface area (Å²) in [6.07, 6.45) is 1.93. The highest BCUT2D eigenvalue weighted by Crippen LogP contribution is 2.26. The highest BCUT2D eigenvalue weighted by molar-refractivity contribution is 5.96. The van der Waals surface area contributed by atoms with Crippen LogP contribution >= 0.6 is 0 Å². The molecular formula is C19H20N2O5. The predicted octanol–water partition coefficient (Wildman–Crippen LogP) is 2.31. The number of carbonyl (C=O) groups is 1. The minimum Gasteiger partial charge on any atom is -0.504 e. The van der Waals surface area contributed by atoms with Crippen LogP contribution < -0.4 is 5.56 Å². The van der Waals surface area contributed by atoms with Crippen molar-refractivity contribution >= 4 is 16.9 Å². The number of carboxylic acid groups (broad SMARTS) is 1. The molecule has 0 amide bonds. The van der Waals surface area contributed by atoms with Crippen LogP contribution in [0.1, 0.15) is 16.1 Å². The van der Waals surface area contributed by atoms with Gasteiger partial charge in [-0.1, -0.05) is 30.3 Å². The van der Waals surface area contributed by atoms with E-state index in [1.807, 2.05) is 30.3 Å². The van der Waals surface area contributed by atoms with Crippen LogP contribution in [0.15, 0.2) is 53.5 Å². The van der Waals surface area contributed by atoms with Crippen LogP contribution in [-0.2, 0) is 17.7 Å². The maximum atomic E-state index is 12.2. The second kappa shape index (κ2) is 8.77. The summed E-state index contributed by atoms with van der Waals surface area (Å²) in [4.78, 5) is 27.0. The van der Waals surface area contributed by atoms with Crippen LogP contribution in [0.3, 0.4) is 0 Å². The Labute approximate surface area is 150 Å². The number of rotatable bonds is 4. The molecule has 0 aliphatic heterocycles. The fourth-order valence-corrected chi connectivity index (χ4v) is 2.54. The number of hydrogen-bond donors (Lipinski definition) is 2. The lowest BCUT2D eigenvalue weighted by atomic mass is 10.1. The van der Waals surface area contributed by atoms with Crippen LogP contribution in [0, 0.1) is 0 Å². The average molecular weight is 356 g/mol. The Morgan fingerprint density at radius 2 is 1.81 bits per heavy atom. The smallest absolute Gasteiger partial charge is 0.358 e. The third-order valence-corrected chi connectivity index (χ3v) is 3.67. The molecule has 0 spiro atoms. The number of pyridine rings is 2. The summed E-state index contributed by atoms with van der Waals surface area (Å²) in [6, 6.07) is 12.5. The van der Waals surface area contributed by atoms with Crippen molar-refractivity contribution in [1.82, 2.24) is 9.55 Å². The van der Waals surface area contributed by atoms with Gasteiger partial charge >= 0.3 is 5.97 Å². The first-order valence-corrected chi connectivity index (χ1v) is 7.88. The topological polar surface area (TPSA) is 102 Å². The van der Waals surface area contributed by atoms with Crippen molar-refractivity contribution in [3.8, 4) is 5.75 Å². The molecule has 26 heavy (non-hydrogen) atoms. The highest BCUT2D eigenvalue weighted by atomic mass is 16.4. The lowest BCUT2D eigenvalue weighted by molar-refractivity contribution is 0.0687. The molecule has 0 unspecified atom stereocenters. The molecule has 0 bridgehead atoms. The number of hydrogen-bond acceptors (Lipinski definition) is 5. The molecule has 0 radical (unpaired) electrons. The number of aromatic hydroxyl groups is 1. The molecule has 2 aromatic heterocycles. The van der Waals surface area contributed by atoms with E-state index in [9.17, 15) is 14.7 Å². The van der Waals surface area contributed by atoms with Crippen molar-refractivity contribution in [3.05, 3.63) is 70.3 Å². The number of aromatic carboxylic acids is 1. The summed E-state index contributed by atoms with van der Waals surface area (Å²) >= 11 is 0. The van der Waals surface area contributed by atoms with Gasteiger partial charge in [-0.25, -0.2) is 9.78 Å². The normalized spacial score (nSPS) is 10.2. The zero-order valence-corrected chi connectivity index (χ0v) is 14.5.